The van der Waals surface area contributed by atoms with E-state index in [1.807, 2.05) is 30.3 Å². The normalized spacial score (nSPS) is 22.7. The minimum atomic E-state index is -3.42. The Labute approximate surface area is 182 Å². The van der Waals surface area contributed by atoms with E-state index in [1.165, 1.54) is 0 Å². The molecule has 164 valence electrons. The Hall–Kier alpha value is -2.87. The molecule has 2 atom stereocenters. The number of carbonyl (C=O) groups is 2. The van der Waals surface area contributed by atoms with Gasteiger partial charge in [0.05, 0.1) is 10.1 Å². The Kier molecular flexibility index (Phi) is 6.27. The molecule has 4 rings (SSSR count). The van der Waals surface area contributed by atoms with Crippen molar-refractivity contribution in [3.05, 3.63) is 66.2 Å². The lowest BCUT2D eigenvalue weighted by molar-refractivity contribution is -0.134. The van der Waals surface area contributed by atoms with Gasteiger partial charge in [-0.1, -0.05) is 48.5 Å². The number of benzene rings is 2. The van der Waals surface area contributed by atoms with Crippen LogP contribution in [0.2, 0.25) is 0 Å². The van der Waals surface area contributed by atoms with E-state index >= 15 is 0 Å². The van der Waals surface area contributed by atoms with E-state index in [2.05, 4.69) is 5.32 Å². The van der Waals surface area contributed by atoms with Gasteiger partial charge in [-0.15, -0.1) is 0 Å². The number of hydrogen-bond acceptors (Lipinski definition) is 5. The highest BCUT2D eigenvalue weighted by Gasteiger charge is 2.47. The number of carbonyl (C=O) groups excluding carboxylic acids is 2. The summed E-state index contributed by atoms with van der Waals surface area (Å²) >= 11 is 0. The molecule has 2 aromatic rings. The molecule has 0 spiro atoms. The molecule has 2 aromatic carbocycles. The smallest absolute Gasteiger partial charge is 0.407 e. The lowest BCUT2D eigenvalue weighted by Gasteiger charge is -2.38. The van der Waals surface area contributed by atoms with Crippen LogP contribution in [-0.2, 0) is 26.0 Å². The number of piperidine rings is 1. The molecule has 7 nitrogen and oxygen atoms in total. The van der Waals surface area contributed by atoms with E-state index in [9.17, 15) is 18.0 Å². The van der Waals surface area contributed by atoms with Gasteiger partial charge in [0.2, 0.25) is 5.91 Å². The van der Waals surface area contributed by atoms with Crippen LogP contribution in [0.4, 0.5) is 4.79 Å². The van der Waals surface area contributed by atoms with Gasteiger partial charge in [0.1, 0.15) is 13.2 Å². The zero-order chi connectivity index (χ0) is 21.8. The van der Waals surface area contributed by atoms with Gasteiger partial charge in [0.25, 0.3) is 0 Å². The van der Waals surface area contributed by atoms with Crippen LogP contribution in [0.1, 0.15) is 31.2 Å². The van der Waals surface area contributed by atoms with Gasteiger partial charge in [0, 0.05) is 12.1 Å². The lowest BCUT2D eigenvalue weighted by Crippen LogP contribution is -2.52. The molecule has 2 heterocycles. The lowest BCUT2D eigenvalue weighted by atomic mass is 10.0. The van der Waals surface area contributed by atoms with Crippen LogP contribution in [-0.4, -0.2) is 49.2 Å². The largest absolute Gasteiger partial charge is 0.445 e. The molecule has 0 aromatic heterocycles. The van der Waals surface area contributed by atoms with Crippen LogP contribution >= 0.6 is 0 Å². The van der Waals surface area contributed by atoms with Crippen LogP contribution in [0, 0.1) is 0 Å². The molecule has 2 bridgehead atoms. The molecule has 0 unspecified atom stereocenters. The SMILES string of the molecule is O=C(NCC(=O)N1[C@@H]2CC[C@@H]1CC(S(=O)(=O)c1ccccc1)C2)OCc1ccccc1. The molecule has 31 heavy (non-hydrogen) atoms. The number of amides is 2. The Morgan fingerprint density at radius 2 is 1.52 bits per heavy atom. The number of nitrogens with zero attached hydrogens (tertiary/aromatic N) is 1. The number of fused-ring (bicyclic) bond motifs is 2. The summed E-state index contributed by atoms with van der Waals surface area (Å²) in [4.78, 5) is 26.8. The first-order chi connectivity index (χ1) is 14.9. The highest BCUT2D eigenvalue weighted by atomic mass is 32.2. The molecule has 2 amide bonds. The van der Waals surface area contributed by atoms with Crippen molar-refractivity contribution in [1.29, 1.82) is 0 Å². The summed E-state index contributed by atoms with van der Waals surface area (Å²) in [5, 5.41) is 2.03. The summed E-state index contributed by atoms with van der Waals surface area (Å²) in [6, 6.07) is 17.6. The third-order valence-electron chi connectivity index (χ3n) is 6.09. The van der Waals surface area contributed by atoms with Gasteiger partial charge in [-0.25, -0.2) is 13.2 Å². The second kappa shape index (κ2) is 9.09. The van der Waals surface area contributed by atoms with E-state index in [1.54, 1.807) is 35.2 Å². The number of rotatable bonds is 6. The summed E-state index contributed by atoms with van der Waals surface area (Å²) in [5.41, 5.74) is 0.865. The van der Waals surface area contributed by atoms with E-state index in [4.69, 9.17) is 4.74 Å². The van der Waals surface area contributed by atoms with Crippen LogP contribution in [0.15, 0.2) is 65.6 Å². The average Bonchev–Trinajstić information content (AvgIpc) is 3.06. The topological polar surface area (TPSA) is 92.8 Å². The van der Waals surface area contributed by atoms with Crippen molar-refractivity contribution in [3.8, 4) is 0 Å². The Bertz CT molecular complexity index is 1010. The zero-order valence-corrected chi connectivity index (χ0v) is 18.0. The molecule has 2 saturated heterocycles. The summed E-state index contributed by atoms with van der Waals surface area (Å²) in [7, 11) is -3.42. The first-order valence-corrected chi connectivity index (χ1v) is 12.0. The predicted octanol–water partition coefficient (Wildman–Crippen LogP) is 2.91. The molecule has 2 aliphatic rings. The molecule has 2 fully saturated rings. The fraction of sp³-hybridized carbons (Fsp3) is 0.391. The summed E-state index contributed by atoms with van der Waals surface area (Å²) in [5.74, 6) is -0.195. The molecule has 0 aliphatic carbocycles. The maximum absolute atomic E-state index is 13.0. The second-order valence-electron chi connectivity index (χ2n) is 8.05. The standard InChI is InChI=1S/C23H26N2O5S/c26-22(15-24-23(27)30-16-17-7-3-1-4-8-17)25-18-11-12-19(25)14-21(13-18)31(28,29)20-9-5-2-6-10-20/h1-10,18-19,21H,11-16H2,(H,24,27)/t18-,19-/m1/s1. The van der Waals surface area contributed by atoms with Gasteiger partial charge in [0.15, 0.2) is 9.84 Å². The van der Waals surface area contributed by atoms with E-state index in [0.29, 0.717) is 17.7 Å². The van der Waals surface area contributed by atoms with Gasteiger partial charge in [-0.2, -0.15) is 0 Å². The number of ether oxygens (including phenoxy) is 1. The van der Waals surface area contributed by atoms with E-state index < -0.39 is 21.2 Å². The molecule has 0 saturated carbocycles. The Morgan fingerprint density at radius 1 is 0.935 bits per heavy atom. The number of alkyl carbamates (subject to hydrolysis) is 1. The Morgan fingerprint density at radius 3 is 2.13 bits per heavy atom. The van der Waals surface area contributed by atoms with Crippen molar-refractivity contribution in [3.63, 3.8) is 0 Å². The van der Waals surface area contributed by atoms with Crippen molar-refractivity contribution in [2.24, 2.45) is 0 Å². The maximum atomic E-state index is 13.0. The first kappa shape index (κ1) is 21.4. The van der Waals surface area contributed by atoms with Gasteiger partial charge in [-0.3, -0.25) is 4.79 Å². The number of hydrogen-bond donors (Lipinski definition) is 1. The summed E-state index contributed by atoms with van der Waals surface area (Å²) in [6.07, 6.45) is 1.78. The average molecular weight is 443 g/mol. The van der Waals surface area contributed by atoms with Crippen molar-refractivity contribution in [1.82, 2.24) is 10.2 Å². The summed E-state index contributed by atoms with van der Waals surface area (Å²) in [6.45, 7) is -0.0222. The van der Waals surface area contributed by atoms with Crippen LogP contribution in [0.3, 0.4) is 0 Å². The highest BCUT2D eigenvalue weighted by Crippen LogP contribution is 2.39. The van der Waals surface area contributed by atoms with Crippen molar-refractivity contribution >= 4 is 21.8 Å². The van der Waals surface area contributed by atoms with E-state index in [-0.39, 0.29) is 31.1 Å². The van der Waals surface area contributed by atoms with Crippen molar-refractivity contribution < 1.29 is 22.7 Å². The predicted molar refractivity (Wildman–Crippen MR) is 115 cm³/mol. The molecular weight excluding hydrogens is 416 g/mol. The van der Waals surface area contributed by atoms with E-state index in [0.717, 1.165) is 18.4 Å². The monoisotopic (exact) mass is 442 g/mol. The Balaban J connectivity index is 1.31. The van der Waals surface area contributed by atoms with Crippen LogP contribution in [0.25, 0.3) is 0 Å². The fourth-order valence-electron chi connectivity index (χ4n) is 4.60. The van der Waals surface area contributed by atoms with Gasteiger partial charge < -0.3 is 15.0 Å². The van der Waals surface area contributed by atoms with Crippen LogP contribution in [0.5, 0.6) is 0 Å². The highest BCUT2D eigenvalue weighted by molar-refractivity contribution is 7.92. The molecule has 1 N–H and O–H groups in total. The zero-order valence-electron chi connectivity index (χ0n) is 17.1. The molecule has 0 radical (unpaired) electrons. The van der Waals surface area contributed by atoms with Crippen LogP contribution < -0.4 is 5.32 Å². The first-order valence-electron chi connectivity index (χ1n) is 10.5. The fourth-order valence-corrected chi connectivity index (χ4v) is 6.48. The minimum Gasteiger partial charge on any atom is -0.445 e. The van der Waals surface area contributed by atoms with Gasteiger partial charge >= 0.3 is 6.09 Å². The molecular formula is C23H26N2O5S. The minimum absolute atomic E-state index is 0.114. The molecule has 8 heteroatoms. The number of nitrogens with one attached hydrogen (secondary N) is 1. The second-order valence-corrected chi connectivity index (χ2v) is 10.3. The summed E-state index contributed by atoms with van der Waals surface area (Å²) < 4.78 is 31.2. The third kappa shape index (κ3) is 4.74. The van der Waals surface area contributed by atoms with Gasteiger partial charge in [-0.05, 0) is 43.4 Å². The quantitative estimate of drug-likeness (QED) is 0.743. The number of sulfone groups is 1. The van der Waals surface area contributed by atoms with Crippen molar-refractivity contribution in [2.75, 3.05) is 6.54 Å². The third-order valence-corrected chi connectivity index (χ3v) is 8.28. The van der Waals surface area contributed by atoms with Crippen molar-refractivity contribution in [2.45, 2.75) is 54.5 Å². The molecule has 2 aliphatic heterocycles. The maximum Gasteiger partial charge on any atom is 0.407 e.